The van der Waals surface area contributed by atoms with Crippen molar-refractivity contribution in [1.82, 2.24) is 9.88 Å². The monoisotopic (exact) mass is 276 g/mol. The van der Waals surface area contributed by atoms with Crippen LogP contribution in [0.5, 0.6) is 5.88 Å². The van der Waals surface area contributed by atoms with Crippen molar-refractivity contribution < 1.29 is 9.53 Å². The highest BCUT2D eigenvalue weighted by molar-refractivity contribution is 5.84. The number of aromatic nitrogens is 1. The molecule has 2 rings (SSSR count). The fourth-order valence-electron chi connectivity index (χ4n) is 2.95. The van der Waals surface area contributed by atoms with Crippen molar-refractivity contribution in [1.29, 1.82) is 0 Å². The molecule has 1 saturated heterocycles. The van der Waals surface area contributed by atoms with E-state index in [4.69, 9.17) is 4.74 Å². The average molecular weight is 276 g/mol. The standard InChI is InChI=1S/C16H24N2O2/c1-11(2)16(19)13-7-8-18(3)10-14(13)12-5-6-15(20-4)17-9-12/h5-6,9,11,13-14H,7-8,10H2,1-4H3. The van der Waals surface area contributed by atoms with Gasteiger partial charge in [-0.1, -0.05) is 19.9 Å². The van der Waals surface area contributed by atoms with Crippen molar-refractivity contribution in [3.63, 3.8) is 0 Å². The molecule has 1 aliphatic rings. The number of nitrogens with zero attached hydrogens (tertiary/aromatic N) is 2. The third-order valence-electron chi connectivity index (χ3n) is 4.15. The van der Waals surface area contributed by atoms with Gasteiger partial charge in [0.1, 0.15) is 5.78 Å². The second-order valence-electron chi connectivity index (χ2n) is 5.95. The molecule has 20 heavy (non-hydrogen) atoms. The minimum Gasteiger partial charge on any atom is -0.481 e. The average Bonchev–Trinajstić information content (AvgIpc) is 2.46. The van der Waals surface area contributed by atoms with Crippen LogP contribution in [0, 0.1) is 11.8 Å². The molecule has 0 bridgehead atoms. The smallest absolute Gasteiger partial charge is 0.212 e. The predicted octanol–water partition coefficient (Wildman–Crippen LogP) is 2.35. The minimum absolute atomic E-state index is 0.0945. The zero-order valence-corrected chi connectivity index (χ0v) is 12.8. The molecule has 2 atom stereocenters. The molecule has 1 aliphatic heterocycles. The topological polar surface area (TPSA) is 42.4 Å². The maximum atomic E-state index is 12.4. The van der Waals surface area contributed by atoms with Crippen LogP contribution >= 0.6 is 0 Å². The summed E-state index contributed by atoms with van der Waals surface area (Å²) in [6, 6.07) is 3.91. The third-order valence-corrected chi connectivity index (χ3v) is 4.15. The summed E-state index contributed by atoms with van der Waals surface area (Å²) in [5.74, 6) is 1.43. The van der Waals surface area contributed by atoms with E-state index in [1.165, 1.54) is 0 Å². The number of carbonyl (C=O) groups excluding carboxylic acids is 1. The predicted molar refractivity (Wildman–Crippen MR) is 79.0 cm³/mol. The number of hydrogen-bond donors (Lipinski definition) is 0. The number of pyridine rings is 1. The number of rotatable bonds is 4. The Hall–Kier alpha value is -1.42. The Balaban J connectivity index is 2.24. The molecule has 1 fully saturated rings. The van der Waals surface area contributed by atoms with Crippen LogP contribution < -0.4 is 4.74 Å². The SMILES string of the molecule is COc1ccc(C2CN(C)CCC2C(=O)C(C)C)cn1. The number of methoxy groups -OCH3 is 1. The Kier molecular flexibility index (Phi) is 4.76. The molecule has 2 unspecified atom stereocenters. The molecular formula is C16H24N2O2. The van der Waals surface area contributed by atoms with Gasteiger partial charge in [0.2, 0.25) is 5.88 Å². The number of hydrogen-bond acceptors (Lipinski definition) is 4. The van der Waals surface area contributed by atoms with E-state index < -0.39 is 0 Å². The second-order valence-corrected chi connectivity index (χ2v) is 5.95. The van der Waals surface area contributed by atoms with Crippen LogP contribution in [0.2, 0.25) is 0 Å². The highest BCUT2D eigenvalue weighted by Gasteiger charge is 2.34. The van der Waals surface area contributed by atoms with Gasteiger partial charge < -0.3 is 9.64 Å². The minimum atomic E-state index is 0.0945. The van der Waals surface area contributed by atoms with E-state index >= 15 is 0 Å². The van der Waals surface area contributed by atoms with Crippen molar-refractivity contribution in [2.24, 2.45) is 11.8 Å². The molecule has 0 aliphatic carbocycles. The van der Waals surface area contributed by atoms with Crippen LogP contribution in [0.4, 0.5) is 0 Å². The Bertz CT molecular complexity index is 456. The molecule has 110 valence electrons. The summed E-state index contributed by atoms with van der Waals surface area (Å²) in [7, 11) is 3.72. The van der Waals surface area contributed by atoms with Crippen LogP contribution in [0.1, 0.15) is 31.7 Å². The second kappa shape index (κ2) is 6.35. The van der Waals surface area contributed by atoms with E-state index in [9.17, 15) is 4.79 Å². The van der Waals surface area contributed by atoms with E-state index in [-0.39, 0.29) is 17.8 Å². The fourth-order valence-corrected chi connectivity index (χ4v) is 2.95. The van der Waals surface area contributed by atoms with E-state index in [2.05, 4.69) is 16.9 Å². The van der Waals surface area contributed by atoms with Gasteiger partial charge in [0, 0.05) is 36.6 Å². The Morgan fingerprint density at radius 3 is 2.75 bits per heavy atom. The summed E-state index contributed by atoms with van der Waals surface area (Å²) in [5, 5.41) is 0. The number of ether oxygens (including phenoxy) is 1. The zero-order chi connectivity index (χ0) is 14.7. The van der Waals surface area contributed by atoms with Crippen LogP contribution in [0.25, 0.3) is 0 Å². The van der Waals surface area contributed by atoms with Gasteiger partial charge in [0.05, 0.1) is 7.11 Å². The number of likely N-dealkylation sites (N-methyl/N-ethyl adjacent to an activating group) is 1. The summed E-state index contributed by atoms with van der Waals surface area (Å²) in [6.07, 6.45) is 2.79. The molecule has 0 radical (unpaired) electrons. The van der Waals surface area contributed by atoms with Crippen molar-refractivity contribution in [2.45, 2.75) is 26.2 Å². The van der Waals surface area contributed by atoms with Gasteiger partial charge >= 0.3 is 0 Å². The summed E-state index contributed by atoms with van der Waals surface area (Å²) in [5.41, 5.74) is 1.14. The van der Waals surface area contributed by atoms with Gasteiger partial charge in [0.25, 0.3) is 0 Å². The molecular weight excluding hydrogens is 252 g/mol. The van der Waals surface area contributed by atoms with E-state index in [0.717, 1.165) is 25.1 Å². The number of likely N-dealkylation sites (tertiary alicyclic amines) is 1. The molecule has 0 N–H and O–H groups in total. The van der Waals surface area contributed by atoms with Crippen molar-refractivity contribution in [3.05, 3.63) is 23.9 Å². The maximum Gasteiger partial charge on any atom is 0.212 e. The molecule has 2 heterocycles. The Morgan fingerprint density at radius 1 is 1.45 bits per heavy atom. The van der Waals surface area contributed by atoms with Crippen LogP contribution in [-0.4, -0.2) is 42.9 Å². The lowest BCUT2D eigenvalue weighted by Crippen LogP contribution is -2.41. The number of piperidine rings is 1. The number of Topliss-reactive ketones (excluding diaryl/α,β-unsaturated/α-hetero) is 1. The van der Waals surface area contributed by atoms with E-state index in [1.807, 2.05) is 32.2 Å². The summed E-state index contributed by atoms with van der Waals surface area (Å²) in [4.78, 5) is 19.0. The lowest BCUT2D eigenvalue weighted by atomic mass is 9.76. The third kappa shape index (κ3) is 3.18. The Morgan fingerprint density at radius 2 is 2.20 bits per heavy atom. The first-order valence-electron chi connectivity index (χ1n) is 7.25. The molecule has 1 aromatic rings. The first kappa shape index (κ1) is 15.0. The molecule has 0 aromatic carbocycles. The fraction of sp³-hybridized carbons (Fsp3) is 0.625. The van der Waals surface area contributed by atoms with Crippen molar-refractivity contribution in [3.8, 4) is 5.88 Å². The zero-order valence-electron chi connectivity index (χ0n) is 12.8. The largest absolute Gasteiger partial charge is 0.481 e. The summed E-state index contributed by atoms with van der Waals surface area (Å²) in [6.45, 7) is 5.88. The molecule has 4 nitrogen and oxygen atoms in total. The van der Waals surface area contributed by atoms with E-state index in [0.29, 0.717) is 11.7 Å². The number of ketones is 1. The van der Waals surface area contributed by atoms with E-state index in [1.54, 1.807) is 7.11 Å². The maximum absolute atomic E-state index is 12.4. The highest BCUT2D eigenvalue weighted by Crippen LogP contribution is 2.34. The van der Waals surface area contributed by atoms with Crippen LogP contribution in [-0.2, 0) is 4.79 Å². The van der Waals surface area contributed by atoms with Crippen LogP contribution in [0.15, 0.2) is 18.3 Å². The molecule has 0 amide bonds. The lowest BCUT2D eigenvalue weighted by molar-refractivity contribution is -0.127. The normalized spacial score (nSPS) is 23.9. The Labute approximate surface area is 121 Å². The highest BCUT2D eigenvalue weighted by atomic mass is 16.5. The quantitative estimate of drug-likeness (QED) is 0.846. The molecule has 0 saturated carbocycles. The first-order valence-corrected chi connectivity index (χ1v) is 7.25. The summed E-state index contributed by atoms with van der Waals surface area (Å²) >= 11 is 0. The lowest BCUT2D eigenvalue weighted by Gasteiger charge is -2.36. The van der Waals surface area contributed by atoms with Gasteiger partial charge in [0.15, 0.2) is 0 Å². The molecule has 1 aromatic heterocycles. The van der Waals surface area contributed by atoms with Crippen molar-refractivity contribution in [2.75, 3.05) is 27.2 Å². The van der Waals surface area contributed by atoms with Gasteiger partial charge in [-0.05, 0) is 25.6 Å². The van der Waals surface area contributed by atoms with Gasteiger partial charge in [-0.3, -0.25) is 4.79 Å². The van der Waals surface area contributed by atoms with Gasteiger partial charge in [-0.2, -0.15) is 0 Å². The molecule has 4 heteroatoms. The van der Waals surface area contributed by atoms with Gasteiger partial charge in [-0.15, -0.1) is 0 Å². The molecule has 0 spiro atoms. The van der Waals surface area contributed by atoms with Crippen molar-refractivity contribution >= 4 is 5.78 Å². The first-order chi connectivity index (χ1) is 9.52. The number of carbonyl (C=O) groups is 1. The summed E-state index contributed by atoms with van der Waals surface area (Å²) < 4.78 is 5.10. The van der Waals surface area contributed by atoms with Crippen LogP contribution in [0.3, 0.4) is 0 Å². The van der Waals surface area contributed by atoms with Gasteiger partial charge in [-0.25, -0.2) is 4.98 Å².